The van der Waals surface area contributed by atoms with Crippen LogP contribution >= 0.6 is 22.6 Å². The predicted octanol–water partition coefficient (Wildman–Crippen LogP) is 0.696. The van der Waals surface area contributed by atoms with Crippen LogP contribution in [0.15, 0.2) is 17.3 Å². The van der Waals surface area contributed by atoms with Gasteiger partial charge in [0.25, 0.3) is 5.91 Å². The summed E-state index contributed by atoms with van der Waals surface area (Å²) in [6, 6.07) is 0. The molecule has 0 saturated carbocycles. The van der Waals surface area contributed by atoms with Crippen molar-refractivity contribution in [1.82, 2.24) is 28.8 Å². The fraction of sp³-hybridized carbons (Fsp3) is 0.533. The molecule has 0 radical (unpaired) electrons. The molecule has 1 saturated heterocycles. The van der Waals surface area contributed by atoms with Crippen molar-refractivity contribution in [2.75, 3.05) is 26.2 Å². The minimum absolute atomic E-state index is 0.165. The maximum atomic E-state index is 12.9. The minimum atomic E-state index is -3.61. The lowest BCUT2D eigenvalue weighted by atomic mass is 10.3. The average molecular weight is 492 g/mol. The number of amides is 1. The van der Waals surface area contributed by atoms with Gasteiger partial charge in [0.05, 0.1) is 9.26 Å². The third kappa shape index (κ3) is 3.51. The van der Waals surface area contributed by atoms with Crippen LogP contribution in [-0.4, -0.2) is 69.3 Å². The first-order valence-electron chi connectivity index (χ1n) is 8.26. The number of hydrogen-bond donors (Lipinski definition) is 0. The molecule has 2 aromatic heterocycles. The number of sulfonamides is 1. The summed E-state index contributed by atoms with van der Waals surface area (Å²) < 4.78 is 31.2. The zero-order valence-electron chi connectivity index (χ0n) is 14.9. The molecule has 0 unspecified atom stereocenters. The van der Waals surface area contributed by atoms with Gasteiger partial charge in [-0.3, -0.25) is 14.2 Å². The summed E-state index contributed by atoms with van der Waals surface area (Å²) in [6.07, 6.45) is 3.35. The minimum Gasteiger partial charge on any atom is -0.335 e. The lowest BCUT2D eigenvalue weighted by Gasteiger charge is -2.33. The number of halogens is 1. The maximum absolute atomic E-state index is 12.9. The van der Waals surface area contributed by atoms with Gasteiger partial charge >= 0.3 is 0 Å². The Kier molecular flexibility index (Phi) is 5.40. The summed E-state index contributed by atoms with van der Waals surface area (Å²) in [5.74, 6) is -0.165. The molecule has 11 heteroatoms. The molecule has 0 N–H and O–H groups in total. The molecule has 1 aliphatic heterocycles. The van der Waals surface area contributed by atoms with Crippen LogP contribution in [0.5, 0.6) is 0 Å². The van der Waals surface area contributed by atoms with Crippen LogP contribution in [-0.2, 0) is 23.6 Å². The van der Waals surface area contributed by atoms with Crippen molar-refractivity contribution in [2.45, 2.75) is 25.3 Å². The lowest BCUT2D eigenvalue weighted by Crippen LogP contribution is -2.50. The van der Waals surface area contributed by atoms with Gasteiger partial charge in [0.2, 0.25) is 10.0 Å². The number of aromatic nitrogens is 4. The van der Waals surface area contributed by atoms with Gasteiger partial charge in [-0.05, 0) is 36.4 Å². The highest BCUT2D eigenvalue weighted by molar-refractivity contribution is 14.1. The number of piperazine rings is 1. The Labute approximate surface area is 166 Å². The quantitative estimate of drug-likeness (QED) is 0.586. The summed E-state index contributed by atoms with van der Waals surface area (Å²) in [5.41, 5.74) is 0.901. The molecule has 0 spiro atoms. The molecule has 0 bridgehead atoms. The first-order chi connectivity index (χ1) is 12.2. The summed E-state index contributed by atoms with van der Waals surface area (Å²) in [5, 5.41) is 8.42. The summed E-state index contributed by atoms with van der Waals surface area (Å²) in [4.78, 5) is 14.5. The monoisotopic (exact) mass is 492 g/mol. The van der Waals surface area contributed by atoms with Gasteiger partial charge < -0.3 is 4.90 Å². The van der Waals surface area contributed by atoms with E-state index in [-0.39, 0.29) is 23.9 Å². The summed E-state index contributed by atoms with van der Waals surface area (Å²) in [7, 11) is -1.84. The third-order valence-electron chi connectivity index (χ3n) is 4.36. The van der Waals surface area contributed by atoms with Gasteiger partial charge in [-0.15, -0.1) is 0 Å². The van der Waals surface area contributed by atoms with Crippen LogP contribution in [0, 0.1) is 10.5 Å². The number of carbonyl (C=O) groups excluding carboxylic acids is 1. The predicted molar refractivity (Wildman–Crippen MR) is 103 cm³/mol. The van der Waals surface area contributed by atoms with Crippen LogP contribution in [0.4, 0.5) is 0 Å². The molecule has 26 heavy (non-hydrogen) atoms. The van der Waals surface area contributed by atoms with Crippen molar-refractivity contribution in [2.24, 2.45) is 7.05 Å². The Balaban J connectivity index is 1.72. The number of rotatable bonds is 4. The third-order valence-corrected chi connectivity index (χ3v) is 7.15. The molecular weight excluding hydrogens is 471 g/mol. The van der Waals surface area contributed by atoms with Gasteiger partial charge in [0.15, 0.2) is 5.69 Å². The second-order valence-corrected chi connectivity index (χ2v) is 9.20. The smallest absolute Gasteiger partial charge is 0.275 e. The summed E-state index contributed by atoms with van der Waals surface area (Å²) >= 11 is 2.08. The molecule has 0 aliphatic carbocycles. The fourth-order valence-corrected chi connectivity index (χ4v) is 5.27. The second-order valence-electron chi connectivity index (χ2n) is 6.13. The summed E-state index contributed by atoms with van der Waals surface area (Å²) in [6.45, 7) is 5.41. The van der Waals surface area contributed by atoms with Crippen LogP contribution < -0.4 is 0 Å². The maximum Gasteiger partial charge on any atom is 0.275 e. The first kappa shape index (κ1) is 19.3. The molecule has 9 nitrogen and oxygen atoms in total. The standard InChI is InChI=1S/C15H21IN6O3S/c1-4-21-10-13(11(2)17-21)26(24,25)22-7-5-20(6-8-22)15(23)14-12(16)9-19(3)18-14/h9-10H,4-8H2,1-3H3. The zero-order valence-corrected chi connectivity index (χ0v) is 17.9. The SMILES string of the molecule is CCn1cc(S(=O)(=O)N2CCN(C(=O)c3nn(C)cc3I)CC2)c(C)n1. The van der Waals surface area contributed by atoms with Crippen LogP contribution in [0.1, 0.15) is 23.1 Å². The van der Waals surface area contributed by atoms with E-state index < -0.39 is 10.0 Å². The highest BCUT2D eigenvalue weighted by Crippen LogP contribution is 2.21. The number of carbonyl (C=O) groups is 1. The van der Waals surface area contributed by atoms with Gasteiger partial charge in [-0.25, -0.2) is 8.42 Å². The van der Waals surface area contributed by atoms with E-state index in [0.717, 1.165) is 3.57 Å². The van der Waals surface area contributed by atoms with Crippen LogP contribution in [0.25, 0.3) is 0 Å². The van der Waals surface area contributed by atoms with Gasteiger partial charge in [0, 0.05) is 52.2 Å². The van der Waals surface area contributed by atoms with Crippen molar-refractivity contribution in [3.05, 3.63) is 27.4 Å². The van der Waals surface area contributed by atoms with E-state index >= 15 is 0 Å². The molecule has 1 fully saturated rings. The molecule has 2 aromatic rings. The molecule has 0 aromatic carbocycles. The molecule has 3 heterocycles. The second kappa shape index (κ2) is 7.27. The Hall–Kier alpha value is -1.47. The fourth-order valence-electron chi connectivity index (χ4n) is 2.94. The number of aryl methyl sites for hydroxylation is 3. The molecule has 1 aliphatic rings. The van der Waals surface area contributed by atoms with Gasteiger partial charge in [-0.1, -0.05) is 0 Å². The Morgan fingerprint density at radius 1 is 1.19 bits per heavy atom. The van der Waals surface area contributed by atoms with Crippen molar-refractivity contribution >= 4 is 38.5 Å². The van der Waals surface area contributed by atoms with Crippen molar-refractivity contribution in [1.29, 1.82) is 0 Å². The van der Waals surface area contributed by atoms with E-state index in [1.165, 1.54) is 4.31 Å². The Morgan fingerprint density at radius 2 is 1.85 bits per heavy atom. The topological polar surface area (TPSA) is 93.3 Å². The van der Waals surface area contributed by atoms with Crippen molar-refractivity contribution < 1.29 is 13.2 Å². The molecule has 0 atom stereocenters. The highest BCUT2D eigenvalue weighted by atomic mass is 127. The Morgan fingerprint density at radius 3 is 2.35 bits per heavy atom. The lowest BCUT2D eigenvalue weighted by molar-refractivity contribution is 0.0690. The Bertz CT molecular complexity index is 927. The molecule has 1 amide bonds. The van der Waals surface area contributed by atoms with Crippen molar-refractivity contribution in [3.8, 4) is 0 Å². The van der Waals surface area contributed by atoms with Crippen LogP contribution in [0.2, 0.25) is 0 Å². The van der Waals surface area contributed by atoms with Crippen molar-refractivity contribution in [3.63, 3.8) is 0 Å². The largest absolute Gasteiger partial charge is 0.335 e. The van der Waals surface area contributed by atoms with E-state index in [4.69, 9.17) is 0 Å². The van der Waals surface area contributed by atoms with Crippen LogP contribution in [0.3, 0.4) is 0 Å². The van der Waals surface area contributed by atoms with E-state index in [0.29, 0.717) is 31.0 Å². The van der Waals surface area contributed by atoms with E-state index in [1.807, 2.05) is 6.92 Å². The number of hydrogen-bond acceptors (Lipinski definition) is 5. The van der Waals surface area contributed by atoms with Gasteiger partial charge in [-0.2, -0.15) is 14.5 Å². The van der Waals surface area contributed by atoms with E-state index in [1.54, 1.807) is 40.6 Å². The van der Waals surface area contributed by atoms with E-state index in [9.17, 15) is 13.2 Å². The first-order valence-corrected chi connectivity index (χ1v) is 10.8. The zero-order chi connectivity index (χ0) is 19.1. The number of nitrogens with zero attached hydrogens (tertiary/aromatic N) is 6. The average Bonchev–Trinajstić information content (AvgIpc) is 3.16. The molecular formula is C15H21IN6O3S. The highest BCUT2D eigenvalue weighted by Gasteiger charge is 2.33. The van der Waals surface area contributed by atoms with E-state index in [2.05, 4.69) is 32.8 Å². The van der Waals surface area contributed by atoms with Gasteiger partial charge in [0.1, 0.15) is 4.90 Å². The normalized spacial score (nSPS) is 16.2. The molecule has 3 rings (SSSR count). The molecule has 142 valence electrons.